The van der Waals surface area contributed by atoms with E-state index in [1.165, 1.54) is 0 Å². The van der Waals surface area contributed by atoms with Crippen molar-refractivity contribution in [2.75, 3.05) is 0 Å². The molecule has 0 aromatic heterocycles. The number of carboxylic acid groups (broad SMARTS) is 2. The van der Waals surface area contributed by atoms with Gasteiger partial charge < -0.3 is 21.3 Å². The van der Waals surface area contributed by atoms with Gasteiger partial charge in [-0.2, -0.15) is 0 Å². The lowest BCUT2D eigenvalue weighted by atomic mass is 10.1. The quantitative estimate of drug-likeness (QED) is 0.466. The second-order valence-electron chi connectivity index (χ2n) is 4.22. The van der Waals surface area contributed by atoms with E-state index in [0.29, 0.717) is 6.42 Å². The van der Waals surface area contributed by atoms with Crippen molar-refractivity contribution in [2.24, 2.45) is 11.7 Å². The van der Waals surface area contributed by atoms with Crippen LogP contribution >= 0.6 is 0 Å². The first-order valence-electron chi connectivity index (χ1n) is 5.59. The van der Waals surface area contributed by atoms with Gasteiger partial charge in [0, 0.05) is 12.5 Å². The summed E-state index contributed by atoms with van der Waals surface area (Å²) < 4.78 is 0. The largest absolute Gasteiger partial charge is 0.481 e. The summed E-state index contributed by atoms with van der Waals surface area (Å²) in [6.45, 7) is 0. The van der Waals surface area contributed by atoms with E-state index in [-0.39, 0.29) is 18.9 Å². The second kappa shape index (κ2) is 6.15. The standard InChI is InChI=1S/C11H16N2O5/c12-7-2-1-6(5-7)10(16)13-8(11(17)18)3-4-9(14)15/h1-2,6-8H,3-5,12H2,(H,13,16)(H,14,15)(H,17,18)/t6?,7?,8-/m0/s1. The van der Waals surface area contributed by atoms with E-state index in [1.807, 2.05) is 0 Å². The Morgan fingerprint density at radius 2 is 2.00 bits per heavy atom. The van der Waals surface area contributed by atoms with Crippen LogP contribution in [0, 0.1) is 5.92 Å². The molecule has 0 spiro atoms. The summed E-state index contributed by atoms with van der Waals surface area (Å²) in [4.78, 5) is 33.0. The molecule has 2 unspecified atom stereocenters. The van der Waals surface area contributed by atoms with Gasteiger partial charge >= 0.3 is 11.9 Å². The van der Waals surface area contributed by atoms with Gasteiger partial charge in [0.2, 0.25) is 5.91 Å². The third-order valence-electron chi connectivity index (χ3n) is 2.71. The number of amides is 1. The molecule has 7 heteroatoms. The van der Waals surface area contributed by atoms with Crippen LogP contribution < -0.4 is 11.1 Å². The average Bonchev–Trinajstić information content (AvgIpc) is 2.70. The van der Waals surface area contributed by atoms with Crippen LogP contribution in [0.15, 0.2) is 12.2 Å². The lowest BCUT2D eigenvalue weighted by molar-refractivity contribution is -0.143. The molecule has 1 rings (SSSR count). The number of nitrogens with one attached hydrogen (secondary N) is 1. The van der Waals surface area contributed by atoms with Gasteiger partial charge in [-0.3, -0.25) is 9.59 Å². The lowest BCUT2D eigenvalue weighted by Crippen LogP contribution is -2.43. The van der Waals surface area contributed by atoms with Crippen LogP contribution in [0.1, 0.15) is 19.3 Å². The van der Waals surface area contributed by atoms with Crippen LogP contribution in [-0.4, -0.2) is 40.1 Å². The van der Waals surface area contributed by atoms with Crippen LogP contribution in [-0.2, 0) is 14.4 Å². The maximum atomic E-state index is 11.7. The lowest BCUT2D eigenvalue weighted by Gasteiger charge is -2.16. The van der Waals surface area contributed by atoms with Gasteiger partial charge in [0.1, 0.15) is 6.04 Å². The number of hydrogen-bond acceptors (Lipinski definition) is 4. The molecule has 1 aliphatic carbocycles. The maximum absolute atomic E-state index is 11.7. The molecule has 1 aliphatic rings. The van der Waals surface area contributed by atoms with E-state index in [9.17, 15) is 14.4 Å². The normalized spacial score (nSPS) is 23.6. The smallest absolute Gasteiger partial charge is 0.326 e. The number of carboxylic acids is 2. The highest BCUT2D eigenvalue weighted by atomic mass is 16.4. The summed E-state index contributed by atoms with van der Waals surface area (Å²) in [6.07, 6.45) is 3.32. The Labute approximate surface area is 104 Å². The topological polar surface area (TPSA) is 130 Å². The fraction of sp³-hybridized carbons (Fsp3) is 0.545. The van der Waals surface area contributed by atoms with E-state index in [1.54, 1.807) is 12.2 Å². The average molecular weight is 256 g/mol. The summed E-state index contributed by atoms with van der Waals surface area (Å²) in [5.74, 6) is -3.21. The molecule has 0 aliphatic heterocycles. The summed E-state index contributed by atoms with van der Waals surface area (Å²) in [7, 11) is 0. The van der Waals surface area contributed by atoms with Gasteiger partial charge in [0.05, 0.1) is 5.92 Å². The first kappa shape index (κ1) is 14.2. The van der Waals surface area contributed by atoms with Crippen LogP contribution in [0.2, 0.25) is 0 Å². The molecular formula is C11H16N2O5. The predicted octanol–water partition coefficient (Wildman–Crippen LogP) is -0.676. The van der Waals surface area contributed by atoms with Gasteiger partial charge in [-0.15, -0.1) is 0 Å². The van der Waals surface area contributed by atoms with Crippen LogP contribution in [0.4, 0.5) is 0 Å². The zero-order valence-corrected chi connectivity index (χ0v) is 9.70. The third-order valence-corrected chi connectivity index (χ3v) is 2.71. The summed E-state index contributed by atoms with van der Waals surface area (Å²) in [5.41, 5.74) is 5.59. The zero-order valence-electron chi connectivity index (χ0n) is 9.70. The van der Waals surface area contributed by atoms with Crippen molar-refractivity contribution < 1.29 is 24.6 Å². The van der Waals surface area contributed by atoms with Crippen LogP contribution in [0.5, 0.6) is 0 Å². The van der Waals surface area contributed by atoms with Gasteiger partial charge in [0.25, 0.3) is 0 Å². The molecule has 0 heterocycles. The Balaban J connectivity index is 2.50. The van der Waals surface area contributed by atoms with E-state index in [0.717, 1.165) is 0 Å². The molecule has 0 aromatic rings. The Kier molecular flexibility index (Phi) is 4.85. The molecule has 0 bridgehead atoms. The zero-order chi connectivity index (χ0) is 13.7. The highest BCUT2D eigenvalue weighted by molar-refractivity contribution is 5.86. The highest BCUT2D eigenvalue weighted by Crippen LogP contribution is 2.16. The van der Waals surface area contributed by atoms with Crippen LogP contribution in [0.25, 0.3) is 0 Å². The van der Waals surface area contributed by atoms with Crippen LogP contribution in [0.3, 0.4) is 0 Å². The first-order chi connectivity index (χ1) is 8.40. The van der Waals surface area contributed by atoms with Gasteiger partial charge in [-0.1, -0.05) is 12.2 Å². The minimum Gasteiger partial charge on any atom is -0.481 e. The Hall–Kier alpha value is -1.89. The monoisotopic (exact) mass is 256 g/mol. The van der Waals surface area contributed by atoms with Gasteiger partial charge in [0.15, 0.2) is 0 Å². The SMILES string of the molecule is NC1C=CC(C(=O)N[C@@H](CCC(=O)O)C(=O)O)C1. The molecule has 0 fully saturated rings. The van der Waals surface area contributed by atoms with E-state index in [2.05, 4.69) is 5.32 Å². The van der Waals surface area contributed by atoms with Crippen molar-refractivity contribution in [1.29, 1.82) is 0 Å². The molecule has 1 amide bonds. The Morgan fingerprint density at radius 1 is 1.33 bits per heavy atom. The molecule has 0 saturated carbocycles. The van der Waals surface area contributed by atoms with E-state index < -0.39 is 29.8 Å². The second-order valence-corrected chi connectivity index (χ2v) is 4.22. The third kappa shape index (κ3) is 4.17. The molecule has 100 valence electrons. The fourth-order valence-corrected chi connectivity index (χ4v) is 1.73. The van der Waals surface area contributed by atoms with Crippen molar-refractivity contribution >= 4 is 17.8 Å². The Bertz CT molecular complexity index is 380. The predicted molar refractivity (Wildman–Crippen MR) is 61.7 cm³/mol. The number of rotatable bonds is 6. The molecule has 7 nitrogen and oxygen atoms in total. The molecule has 0 aromatic carbocycles. The van der Waals surface area contributed by atoms with Gasteiger partial charge in [-0.25, -0.2) is 4.79 Å². The molecule has 5 N–H and O–H groups in total. The minimum atomic E-state index is -1.24. The maximum Gasteiger partial charge on any atom is 0.326 e. The fourth-order valence-electron chi connectivity index (χ4n) is 1.73. The summed E-state index contributed by atoms with van der Waals surface area (Å²) in [5, 5.41) is 19.7. The highest BCUT2D eigenvalue weighted by Gasteiger charge is 2.27. The Morgan fingerprint density at radius 3 is 2.44 bits per heavy atom. The van der Waals surface area contributed by atoms with Crippen molar-refractivity contribution in [2.45, 2.75) is 31.3 Å². The molecule has 3 atom stereocenters. The minimum absolute atomic E-state index is 0.140. The summed E-state index contributed by atoms with van der Waals surface area (Å²) >= 11 is 0. The van der Waals surface area contributed by atoms with E-state index >= 15 is 0 Å². The van der Waals surface area contributed by atoms with Crippen molar-refractivity contribution in [3.8, 4) is 0 Å². The summed E-state index contributed by atoms with van der Waals surface area (Å²) in [6, 6.07) is -1.37. The van der Waals surface area contributed by atoms with Crippen molar-refractivity contribution in [3.05, 3.63) is 12.2 Å². The van der Waals surface area contributed by atoms with Crippen molar-refractivity contribution in [3.63, 3.8) is 0 Å². The first-order valence-corrected chi connectivity index (χ1v) is 5.59. The van der Waals surface area contributed by atoms with Crippen molar-refractivity contribution in [1.82, 2.24) is 5.32 Å². The number of carbonyl (C=O) groups excluding carboxylic acids is 1. The number of hydrogen-bond donors (Lipinski definition) is 4. The van der Waals surface area contributed by atoms with Gasteiger partial charge in [-0.05, 0) is 12.8 Å². The number of aliphatic carboxylic acids is 2. The molecular weight excluding hydrogens is 240 g/mol. The van der Waals surface area contributed by atoms with E-state index in [4.69, 9.17) is 15.9 Å². The number of nitrogens with two attached hydrogens (primary N) is 1. The molecule has 18 heavy (non-hydrogen) atoms. The molecule has 0 saturated heterocycles. The number of carbonyl (C=O) groups is 3. The molecule has 0 radical (unpaired) electrons.